The Morgan fingerprint density at radius 3 is 2.23 bits per heavy atom. The topological polar surface area (TPSA) is 122 Å². The summed E-state index contributed by atoms with van der Waals surface area (Å²) in [6.07, 6.45) is 2.45. The number of rotatable bonds is 7. The molecule has 0 spiro atoms. The summed E-state index contributed by atoms with van der Waals surface area (Å²) in [6, 6.07) is 7.97. The average Bonchev–Trinajstić information content (AvgIpc) is 2.64. The van der Waals surface area contributed by atoms with Crippen LogP contribution in [-0.4, -0.2) is 29.8 Å². The van der Waals surface area contributed by atoms with Crippen molar-refractivity contribution in [3.63, 3.8) is 0 Å². The summed E-state index contributed by atoms with van der Waals surface area (Å²) in [7, 11) is 2.67. The number of methoxy groups -OCH3 is 2. The van der Waals surface area contributed by atoms with E-state index in [4.69, 9.17) is 9.47 Å². The highest BCUT2D eigenvalue weighted by atomic mass is 16.6. The minimum absolute atomic E-state index is 0.124. The fourth-order valence-corrected chi connectivity index (χ4v) is 2.22. The highest BCUT2D eigenvalue weighted by molar-refractivity contribution is 6.10. The Labute approximate surface area is 147 Å². The van der Waals surface area contributed by atoms with E-state index >= 15 is 0 Å². The highest BCUT2D eigenvalue weighted by Gasteiger charge is 2.23. The molecule has 0 radical (unpaired) electrons. The maximum atomic E-state index is 12.4. The Balaban J connectivity index is 2.41. The summed E-state index contributed by atoms with van der Waals surface area (Å²) in [5, 5.41) is 22.0. The molecule has 0 saturated carbocycles. The summed E-state index contributed by atoms with van der Waals surface area (Å²) in [5.41, 5.74) is -0.335. The van der Waals surface area contributed by atoms with Crippen LogP contribution in [0.2, 0.25) is 0 Å². The highest BCUT2D eigenvalue weighted by Crippen LogP contribution is 2.34. The van der Waals surface area contributed by atoms with E-state index in [9.17, 15) is 25.0 Å². The standard InChI is InChI=1S/C17H14N2O7/c1-25-16-9-13(14(19(23)24)10-17(16)26-2)15(20)7-6-11-4-3-5-12(8-11)18(21)22/h3-10H,1-2H3. The van der Waals surface area contributed by atoms with Crippen molar-refractivity contribution in [3.8, 4) is 11.5 Å². The van der Waals surface area contributed by atoms with E-state index in [1.807, 2.05) is 0 Å². The van der Waals surface area contributed by atoms with Crippen molar-refractivity contribution in [1.82, 2.24) is 0 Å². The lowest BCUT2D eigenvalue weighted by Crippen LogP contribution is -2.03. The van der Waals surface area contributed by atoms with Crippen LogP contribution in [0.4, 0.5) is 11.4 Å². The second kappa shape index (κ2) is 7.88. The Hall–Kier alpha value is -3.75. The second-order valence-electron chi connectivity index (χ2n) is 5.03. The molecular weight excluding hydrogens is 344 g/mol. The third-order valence-corrected chi connectivity index (χ3v) is 3.47. The molecule has 0 aromatic heterocycles. The van der Waals surface area contributed by atoms with Gasteiger partial charge < -0.3 is 9.47 Å². The summed E-state index contributed by atoms with van der Waals surface area (Å²) in [5.74, 6) is -0.354. The fourth-order valence-electron chi connectivity index (χ4n) is 2.22. The number of allylic oxidation sites excluding steroid dienone is 1. The van der Waals surface area contributed by atoms with Gasteiger partial charge in [-0.1, -0.05) is 18.2 Å². The van der Waals surface area contributed by atoms with Crippen LogP contribution in [0.5, 0.6) is 11.5 Å². The van der Waals surface area contributed by atoms with Gasteiger partial charge in [-0.15, -0.1) is 0 Å². The molecule has 0 fully saturated rings. The molecule has 0 heterocycles. The first-order valence-electron chi connectivity index (χ1n) is 7.24. The van der Waals surface area contributed by atoms with Gasteiger partial charge in [-0.2, -0.15) is 0 Å². The fraction of sp³-hybridized carbons (Fsp3) is 0.118. The van der Waals surface area contributed by atoms with Crippen molar-refractivity contribution >= 4 is 23.2 Å². The van der Waals surface area contributed by atoms with Gasteiger partial charge in [-0.05, 0) is 11.6 Å². The van der Waals surface area contributed by atoms with Crippen LogP contribution in [0.1, 0.15) is 15.9 Å². The molecule has 26 heavy (non-hydrogen) atoms. The van der Waals surface area contributed by atoms with Gasteiger partial charge >= 0.3 is 0 Å². The predicted octanol–water partition coefficient (Wildman–Crippen LogP) is 3.42. The normalized spacial score (nSPS) is 10.5. The maximum absolute atomic E-state index is 12.4. The van der Waals surface area contributed by atoms with Gasteiger partial charge in [0.2, 0.25) is 0 Å². The minimum Gasteiger partial charge on any atom is -0.493 e. The molecule has 0 N–H and O–H groups in total. The molecular formula is C17H14N2O7. The largest absolute Gasteiger partial charge is 0.493 e. The van der Waals surface area contributed by atoms with Crippen molar-refractivity contribution < 1.29 is 24.1 Å². The lowest BCUT2D eigenvalue weighted by Gasteiger charge is -2.09. The van der Waals surface area contributed by atoms with E-state index in [1.54, 1.807) is 6.07 Å². The number of hydrogen-bond acceptors (Lipinski definition) is 7. The summed E-state index contributed by atoms with van der Waals surface area (Å²) >= 11 is 0. The number of carbonyl (C=O) groups excluding carboxylic acids is 1. The quantitative estimate of drug-likeness (QED) is 0.322. The second-order valence-corrected chi connectivity index (χ2v) is 5.03. The number of nitro benzene ring substituents is 2. The van der Waals surface area contributed by atoms with Crippen LogP contribution < -0.4 is 9.47 Å². The summed E-state index contributed by atoms with van der Waals surface area (Å²) in [4.78, 5) is 33.2. The van der Waals surface area contributed by atoms with Crippen LogP contribution in [0.3, 0.4) is 0 Å². The van der Waals surface area contributed by atoms with Crippen molar-refractivity contribution in [2.75, 3.05) is 14.2 Å². The summed E-state index contributed by atoms with van der Waals surface area (Å²) < 4.78 is 10.1. The molecule has 0 atom stereocenters. The molecule has 134 valence electrons. The Morgan fingerprint density at radius 1 is 1.00 bits per heavy atom. The van der Waals surface area contributed by atoms with Crippen LogP contribution in [0, 0.1) is 20.2 Å². The molecule has 0 saturated heterocycles. The molecule has 2 aromatic carbocycles. The first kappa shape index (κ1) is 18.6. The van der Waals surface area contributed by atoms with Gasteiger partial charge in [0, 0.05) is 18.2 Å². The third-order valence-electron chi connectivity index (χ3n) is 3.47. The van der Waals surface area contributed by atoms with Crippen molar-refractivity contribution in [2.45, 2.75) is 0 Å². The zero-order valence-corrected chi connectivity index (χ0v) is 13.9. The number of nitro groups is 2. The van der Waals surface area contributed by atoms with E-state index in [0.29, 0.717) is 5.56 Å². The zero-order valence-electron chi connectivity index (χ0n) is 13.9. The van der Waals surface area contributed by atoms with Gasteiger partial charge in [0.25, 0.3) is 11.4 Å². The SMILES string of the molecule is COc1cc(C(=O)C=Cc2cccc([N+](=O)[O-])c2)c([N+](=O)[O-])cc1OC. The van der Waals surface area contributed by atoms with Crippen molar-refractivity contribution in [3.05, 3.63) is 73.8 Å². The molecule has 0 bridgehead atoms. The number of ketones is 1. The number of benzene rings is 2. The lowest BCUT2D eigenvalue weighted by molar-refractivity contribution is -0.385. The van der Waals surface area contributed by atoms with Crippen LogP contribution in [0.15, 0.2) is 42.5 Å². The number of carbonyl (C=O) groups is 1. The molecule has 0 amide bonds. The van der Waals surface area contributed by atoms with Gasteiger partial charge in [0.15, 0.2) is 17.3 Å². The van der Waals surface area contributed by atoms with E-state index in [-0.39, 0.29) is 22.7 Å². The molecule has 9 nitrogen and oxygen atoms in total. The Morgan fingerprint density at radius 2 is 1.65 bits per heavy atom. The Bertz CT molecular complexity index is 906. The van der Waals surface area contributed by atoms with Crippen LogP contribution in [0.25, 0.3) is 6.08 Å². The van der Waals surface area contributed by atoms with E-state index < -0.39 is 21.3 Å². The molecule has 2 aromatic rings. The van der Waals surface area contributed by atoms with E-state index in [2.05, 4.69) is 0 Å². The number of nitrogens with zero attached hydrogens (tertiary/aromatic N) is 2. The molecule has 0 aliphatic carbocycles. The van der Waals surface area contributed by atoms with Crippen LogP contribution >= 0.6 is 0 Å². The van der Waals surface area contributed by atoms with Gasteiger partial charge in [-0.3, -0.25) is 25.0 Å². The molecule has 2 rings (SSSR count). The van der Waals surface area contributed by atoms with E-state index in [0.717, 1.165) is 12.1 Å². The van der Waals surface area contributed by atoms with E-state index in [1.165, 1.54) is 44.6 Å². The number of non-ortho nitro benzene ring substituents is 1. The molecule has 0 unspecified atom stereocenters. The monoisotopic (exact) mass is 358 g/mol. The van der Waals surface area contributed by atoms with Crippen LogP contribution in [-0.2, 0) is 0 Å². The number of ether oxygens (including phenoxy) is 2. The maximum Gasteiger partial charge on any atom is 0.284 e. The van der Waals surface area contributed by atoms with Crippen molar-refractivity contribution in [1.29, 1.82) is 0 Å². The smallest absolute Gasteiger partial charge is 0.284 e. The molecule has 0 aliphatic rings. The Kier molecular flexibility index (Phi) is 5.63. The number of hydrogen-bond donors (Lipinski definition) is 0. The minimum atomic E-state index is -0.698. The molecule has 0 aliphatic heterocycles. The molecule has 9 heteroatoms. The predicted molar refractivity (Wildman–Crippen MR) is 92.7 cm³/mol. The average molecular weight is 358 g/mol. The first-order chi connectivity index (χ1) is 12.4. The van der Waals surface area contributed by atoms with Gasteiger partial charge in [0.05, 0.1) is 30.1 Å². The first-order valence-corrected chi connectivity index (χ1v) is 7.24. The van der Waals surface area contributed by atoms with Gasteiger partial charge in [0.1, 0.15) is 5.56 Å². The zero-order chi connectivity index (χ0) is 19.3. The lowest BCUT2D eigenvalue weighted by atomic mass is 10.1. The van der Waals surface area contributed by atoms with Crippen molar-refractivity contribution in [2.24, 2.45) is 0 Å². The third kappa shape index (κ3) is 4.01. The van der Waals surface area contributed by atoms with Gasteiger partial charge in [-0.25, -0.2) is 0 Å². The summed E-state index contributed by atoms with van der Waals surface area (Å²) in [6.45, 7) is 0.